The lowest BCUT2D eigenvalue weighted by Gasteiger charge is -2.35. The number of carbonyl (C=O) groups is 3. The van der Waals surface area contributed by atoms with Gasteiger partial charge in [-0.1, -0.05) is 6.92 Å². The van der Waals surface area contributed by atoms with E-state index in [0.717, 1.165) is 34.9 Å². The zero-order chi connectivity index (χ0) is 32.5. The van der Waals surface area contributed by atoms with Crippen LogP contribution in [0.1, 0.15) is 72.0 Å². The molecule has 12 nitrogen and oxygen atoms in total. The van der Waals surface area contributed by atoms with Crippen LogP contribution >= 0.6 is 0 Å². The molecule has 2 amide bonds. The van der Waals surface area contributed by atoms with Crippen molar-refractivity contribution in [3.63, 3.8) is 0 Å². The molecule has 0 spiro atoms. The van der Waals surface area contributed by atoms with Crippen molar-refractivity contribution in [1.82, 2.24) is 20.2 Å². The number of rotatable bonds is 8. The van der Waals surface area contributed by atoms with Crippen LogP contribution in [0.25, 0.3) is 22.3 Å². The first-order valence-electron chi connectivity index (χ1n) is 15.8. The Hall–Kier alpha value is -4.20. The lowest BCUT2D eigenvalue weighted by atomic mass is 9.79. The maximum absolute atomic E-state index is 15.3. The van der Waals surface area contributed by atoms with Gasteiger partial charge in [0, 0.05) is 23.6 Å². The van der Waals surface area contributed by atoms with E-state index in [0.29, 0.717) is 48.3 Å². The van der Waals surface area contributed by atoms with Crippen molar-refractivity contribution < 1.29 is 33.4 Å². The SMILES string of the molecule is CCC1(O)C(=O)OCc2c1cc1n(c2=O)CCc2c-1nc1cc(F)c(C)c3c1c2[C@@H](NC(=O)C(OCNC(=O)CN)C1CC1)CC3. The highest BCUT2D eigenvalue weighted by Gasteiger charge is 2.46. The molecule has 1 saturated carbocycles. The number of hydrogen-bond donors (Lipinski definition) is 4. The van der Waals surface area contributed by atoms with Gasteiger partial charge in [0.1, 0.15) is 25.3 Å². The first-order chi connectivity index (χ1) is 22.1. The van der Waals surface area contributed by atoms with Crippen LogP contribution in [0.3, 0.4) is 0 Å². The Labute approximate surface area is 263 Å². The van der Waals surface area contributed by atoms with Crippen molar-refractivity contribution in [2.45, 2.75) is 83.3 Å². The van der Waals surface area contributed by atoms with Gasteiger partial charge in [0.05, 0.1) is 35.1 Å². The van der Waals surface area contributed by atoms with Crippen molar-refractivity contribution in [1.29, 1.82) is 0 Å². The normalized spacial score (nSPS) is 21.9. The van der Waals surface area contributed by atoms with Crippen LogP contribution in [0.5, 0.6) is 0 Å². The summed E-state index contributed by atoms with van der Waals surface area (Å²) in [5, 5.41) is 17.9. The van der Waals surface area contributed by atoms with E-state index in [1.54, 1.807) is 24.5 Å². The number of aryl methyl sites for hydroxylation is 1. The standard InChI is InChI=1S/C33H36FN5O7/c1-3-33(44)20-10-24-28-18(8-9-39(24)31(42)19(20)13-45-32(33)43)27-22(7-6-17-15(2)21(34)11-23(37-28)26(17)27)38-30(41)29(16-4-5-16)46-14-36-25(40)12-35/h10-11,16,22,29,44H,3-9,12-14,35H2,1-2H3,(H,36,40)(H,38,41)/t22-,29?,33?/m0/s1. The van der Waals surface area contributed by atoms with E-state index in [1.807, 2.05) is 0 Å². The Bertz CT molecular complexity index is 1890. The summed E-state index contributed by atoms with van der Waals surface area (Å²) in [5.41, 5.74) is 7.69. The van der Waals surface area contributed by atoms with Crippen LogP contribution < -0.4 is 21.9 Å². The molecule has 4 aliphatic rings. The zero-order valence-corrected chi connectivity index (χ0v) is 25.7. The number of cyclic esters (lactones) is 1. The van der Waals surface area contributed by atoms with Gasteiger partial charge in [-0.25, -0.2) is 14.2 Å². The summed E-state index contributed by atoms with van der Waals surface area (Å²) in [7, 11) is 0. The predicted molar refractivity (Wildman–Crippen MR) is 163 cm³/mol. The van der Waals surface area contributed by atoms with E-state index in [-0.39, 0.29) is 60.7 Å². The molecule has 3 aromatic rings. The molecular weight excluding hydrogens is 597 g/mol. The molecule has 1 aromatic carbocycles. The van der Waals surface area contributed by atoms with E-state index < -0.39 is 29.5 Å². The number of amides is 2. The summed E-state index contributed by atoms with van der Waals surface area (Å²) in [6.45, 7) is 3.12. The Morgan fingerprint density at radius 3 is 2.72 bits per heavy atom. The minimum atomic E-state index is -1.99. The maximum Gasteiger partial charge on any atom is 0.343 e. The van der Waals surface area contributed by atoms with Crippen LogP contribution in [-0.4, -0.2) is 51.8 Å². The summed E-state index contributed by atoms with van der Waals surface area (Å²) in [5.74, 6) is -1.87. The van der Waals surface area contributed by atoms with Gasteiger partial charge in [0.2, 0.25) is 11.8 Å². The molecule has 242 valence electrons. The summed E-state index contributed by atoms with van der Waals surface area (Å²) >= 11 is 0. The summed E-state index contributed by atoms with van der Waals surface area (Å²) in [6, 6.07) is 2.57. The van der Waals surface area contributed by atoms with Gasteiger partial charge in [-0.3, -0.25) is 14.4 Å². The molecule has 3 atom stereocenters. The van der Waals surface area contributed by atoms with Crippen LogP contribution in [0.4, 0.5) is 4.39 Å². The van der Waals surface area contributed by atoms with Crippen LogP contribution in [0.2, 0.25) is 0 Å². The van der Waals surface area contributed by atoms with Crippen LogP contribution in [0, 0.1) is 18.7 Å². The van der Waals surface area contributed by atoms with E-state index in [9.17, 15) is 24.3 Å². The van der Waals surface area contributed by atoms with Gasteiger partial charge in [-0.2, -0.15) is 0 Å². The van der Waals surface area contributed by atoms with Gasteiger partial charge in [0.25, 0.3) is 5.56 Å². The second-order valence-electron chi connectivity index (χ2n) is 12.6. The number of nitrogens with two attached hydrogens (primary N) is 1. The van der Waals surface area contributed by atoms with Crippen molar-refractivity contribution in [3.8, 4) is 11.4 Å². The zero-order valence-electron chi connectivity index (χ0n) is 25.7. The van der Waals surface area contributed by atoms with Gasteiger partial charge in [-0.05, 0) is 79.7 Å². The predicted octanol–water partition coefficient (Wildman–Crippen LogP) is 1.65. The average Bonchev–Trinajstić information content (AvgIpc) is 3.89. The molecular formula is C33H36FN5O7. The topological polar surface area (TPSA) is 175 Å². The highest BCUT2D eigenvalue weighted by atomic mass is 19.1. The Balaban J connectivity index is 1.35. The third-order valence-corrected chi connectivity index (χ3v) is 9.99. The number of nitrogens with one attached hydrogen (secondary N) is 2. The number of esters is 1. The number of benzene rings is 1. The van der Waals surface area contributed by atoms with E-state index >= 15 is 4.39 Å². The molecule has 2 aliphatic heterocycles. The summed E-state index contributed by atoms with van der Waals surface area (Å²) < 4.78 is 27.8. The molecule has 7 rings (SSSR count). The number of carbonyl (C=O) groups excluding carboxylic acids is 3. The van der Waals surface area contributed by atoms with Gasteiger partial charge >= 0.3 is 5.97 Å². The first-order valence-corrected chi connectivity index (χ1v) is 15.8. The van der Waals surface area contributed by atoms with Gasteiger partial charge in [-0.15, -0.1) is 0 Å². The number of aliphatic hydroxyl groups is 1. The number of fused-ring (bicyclic) bond motifs is 5. The molecule has 2 unspecified atom stereocenters. The fourth-order valence-corrected chi connectivity index (χ4v) is 7.29. The molecule has 46 heavy (non-hydrogen) atoms. The van der Waals surface area contributed by atoms with Gasteiger partial charge < -0.3 is 35.5 Å². The maximum atomic E-state index is 15.3. The van der Waals surface area contributed by atoms with E-state index in [2.05, 4.69) is 10.6 Å². The number of pyridine rings is 2. The second kappa shape index (κ2) is 11.2. The molecule has 1 fully saturated rings. The number of aromatic nitrogens is 2. The molecule has 0 bridgehead atoms. The fraction of sp³-hybridized carbons (Fsp3) is 0.485. The first kappa shape index (κ1) is 30.5. The number of halogens is 1. The average molecular weight is 634 g/mol. The number of ether oxygens (including phenoxy) is 2. The highest BCUT2D eigenvalue weighted by Crippen LogP contribution is 2.45. The van der Waals surface area contributed by atoms with Gasteiger partial charge in [0.15, 0.2) is 5.60 Å². The lowest BCUT2D eigenvalue weighted by molar-refractivity contribution is -0.172. The summed E-state index contributed by atoms with van der Waals surface area (Å²) in [4.78, 5) is 56.7. The number of nitrogens with zero attached hydrogens (tertiary/aromatic N) is 2. The Morgan fingerprint density at radius 2 is 2.00 bits per heavy atom. The van der Waals surface area contributed by atoms with E-state index in [4.69, 9.17) is 20.2 Å². The Morgan fingerprint density at radius 1 is 1.22 bits per heavy atom. The van der Waals surface area contributed by atoms with Crippen LogP contribution in [0.15, 0.2) is 16.9 Å². The van der Waals surface area contributed by atoms with Crippen molar-refractivity contribution in [3.05, 3.63) is 61.7 Å². The molecule has 0 saturated heterocycles. The summed E-state index contributed by atoms with van der Waals surface area (Å²) in [6.07, 6.45) is 2.36. The monoisotopic (exact) mass is 633 g/mol. The quantitative estimate of drug-likeness (QED) is 0.212. The smallest absolute Gasteiger partial charge is 0.343 e. The van der Waals surface area contributed by atoms with Crippen LogP contribution in [-0.2, 0) is 55.5 Å². The minimum absolute atomic E-state index is 0.00701. The van der Waals surface area contributed by atoms with Crippen molar-refractivity contribution in [2.24, 2.45) is 11.7 Å². The molecule has 2 aromatic heterocycles. The van der Waals surface area contributed by atoms with E-state index in [1.165, 1.54) is 6.07 Å². The third kappa shape index (κ3) is 4.71. The lowest BCUT2D eigenvalue weighted by Crippen LogP contribution is -2.45. The molecule has 4 heterocycles. The Kier molecular flexibility index (Phi) is 7.45. The molecule has 2 aliphatic carbocycles. The van der Waals surface area contributed by atoms with Crippen molar-refractivity contribution in [2.75, 3.05) is 13.3 Å². The number of hydrogen-bond acceptors (Lipinski definition) is 9. The molecule has 5 N–H and O–H groups in total. The highest BCUT2D eigenvalue weighted by molar-refractivity contribution is 5.94. The fourth-order valence-electron chi connectivity index (χ4n) is 7.29. The molecule has 13 heteroatoms. The second-order valence-corrected chi connectivity index (χ2v) is 12.6. The molecule has 0 radical (unpaired) electrons. The third-order valence-electron chi connectivity index (χ3n) is 9.99. The largest absolute Gasteiger partial charge is 0.458 e. The van der Waals surface area contributed by atoms with Crippen molar-refractivity contribution >= 4 is 28.7 Å². The minimum Gasteiger partial charge on any atom is -0.458 e.